The van der Waals surface area contributed by atoms with Gasteiger partial charge in [0.1, 0.15) is 11.3 Å². The van der Waals surface area contributed by atoms with Crippen LogP contribution in [0.5, 0.6) is 5.75 Å². The summed E-state index contributed by atoms with van der Waals surface area (Å²) >= 11 is 0. The molecule has 2 fully saturated rings. The van der Waals surface area contributed by atoms with E-state index in [4.69, 9.17) is 9.15 Å². The molecule has 1 atom stereocenters. The molecule has 166 valence electrons. The van der Waals surface area contributed by atoms with E-state index in [9.17, 15) is 14.4 Å². The lowest BCUT2D eigenvalue weighted by Gasteiger charge is -2.39. The summed E-state index contributed by atoms with van der Waals surface area (Å²) in [5.41, 5.74) is 2.35. The van der Waals surface area contributed by atoms with Crippen molar-refractivity contribution in [3.05, 3.63) is 39.2 Å². The average molecular weight is 427 g/mol. The minimum absolute atomic E-state index is 0.00559. The van der Waals surface area contributed by atoms with Crippen molar-refractivity contribution in [3.63, 3.8) is 0 Å². The first-order valence-electron chi connectivity index (χ1n) is 10.8. The van der Waals surface area contributed by atoms with E-state index in [1.165, 1.54) is 0 Å². The molecule has 2 aliphatic rings. The van der Waals surface area contributed by atoms with Gasteiger partial charge in [0.15, 0.2) is 6.10 Å². The van der Waals surface area contributed by atoms with Crippen LogP contribution < -0.4 is 10.4 Å². The molecule has 1 unspecified atom stereocenters. The molecule has 2 aliphatic heterocycles. The maximum Gasteiger partial charge on any atom is 0.339 e. The van der Waals surface area contributed by atoms with E-state index in [0.29, 0.717) is 36.4 Å². The first-order valence-corrected chi connectivity index (χ1v) is 10.8. The highest BCUT2D eigenvalue weighted by Gasteiger charge is 2.44. The molecule has 1 aromatic carbocycles. The zero-order chi connectivity index (χ0) is 22.5. The van der Waals surface area contributed by atoms with Crippen LogP contribution in [-0.4, -0.2) is 54.4 Å². The number of hydrogen-bond donors (Lipinski definition) is 0. The summed E-state index contributed by atoms with van der Waals surface area (Å²) in [5.74, 6) is 0.686. The third-order valence-electron chi connectivity index (χ3n) is 6.97. The van der Waals surface area contributed by atoms with E-state index < -0.39 is 6.10 Å². The van der Waals surface area contributed by atoms with Crippen molar-refractivity contribution in [2.75, 3.05) is 26.7 Å². The summed E-state index contributed by atoms with van der Waals surface area (Å²) in [6.07, 6.45) is 1.58. The van der Waals surface area contributed by atoms with Crippen molar-refractivity contribution in [2.45, 2.75) is 53.1 Å². The number of benzene rings is 1. The number of fused-ring (bicyclic) bond motifs is 1. The Balaban J connectivity index is 1.51. The Morgan fingerprint density at radius 1 is 1.13 bits per heavy atom. The zero-order valence-corrected chi connectivity index (χ0v) is 18.9. The molecule has 0 aliphatic carbocycles. The average Bonchev–Trinajstić information content (AvgIpc) is 2.98. The van der Waals surface area contributed by atoms with Gasteiger partial charge in [-0.15, -0.1) is 0 Å². The Hall–Kier alpha value is -2.83. The van der Waals surface area contributed by atoms with Gasteiger partial charge in [0.05, 0.1) is 5.39 Å². The van der Waals surface area contributed by atoms with Crippen molar-refractivity contribution in [2.24, 2.45) is 5.41 Å². The van der Waals surface area contributed by atoms with Gasteiger partial charge in [-0.2, -0.15) is 0 Å². The number of rotatable bonds is 3. The molecule has 4 rings (SSSR count). The number of likely N-dealkylation sites (tertiary alicyclic amines) is 2. The molecule has 2 saturated heterocycles. The first-order chi connectivity index (χ1) is 14.6. The van der Waals surface area contributed by atoms with E-state index >= 15 is 0 Å². The van der Waals surface area contributed by atoms with Gasteiger partial charge in [0, 0.05) is 44.1 Å². The fourth-order valence-electron chi connectivity index (χ4n) is 4.92. The first kappa shape index (κ1) is 21.4. The van der Waals surface area contributed by atoms with Crippen LogP contribution in [-0.2, 0) is 9.59 Å². The van der Waals surface area contributed by atoms with Crippen LogP contribution in [0.3, 0.4) is 0 Å². The van der Waals surface area contributed by atoms with Gasteiger partial charge >= 0.3 is 5.63 Å². The number of piperidine rings is 1. The normalized spacial score (nSPS) is 19.3. The van der Waals surface area contributed by atoms with Gasteiger partial charge in [-0.1, -0.05) is 0 Å². The van der Waals surface area contributed by atoms with Crippen molar-refractivity contribution >= 4 is 22.8 Å². The molecule has 0 N–H and O–H groups in total. The summed E-state index contributed by atoms with van der Waals surface area (Å²) in [4.78, 5) is 40.8. The second kappa shape index (κ2) is 7.70. The van der Waals surface area contributed by atoms with Crippen molar-refractivity contribution in [1.82, 2.24) is 9.80 Å². The largest absolute Gasteiger partial charge is 0.480 e. The molecule has 2 aromatic rings. The van der Waals surface area contributed by atoms with Crippen LogP contribution in [0.2, 0.25) is 0 Å². The lowest BCUT2D eigenvalue weighted by molar-refractivity contribution is -0.140. The molecule has 3 heterocycles. The van der Waals surface area contributed by atoms with Crippen LogP contribution in [0.1, 0.15) is 42.9 Å². The molecule has 0 bridgehead atoms. The summed E-state index contributed by atoms with van der Waals surface area (Å²) in [6, 6.07) is 3.69. The molecule has 7 nitrogen and oxygen atoms in total. The molecular formula is C24H30N2O5. The molecule has 1 spiro atoms. The minimum Gasteiger partial charge on any atom is -0.480 e. The summed E-state index contributed by atoms with van der Waals surface area (Å²) < 4.78 is 11.6. The minimum atomic E-state index is -0.668. The SMILES string of the molecule is Cc1cc(OC(C)C(=O)N2CCC3(CC2)CC(=O)N(C)C3)c2c(C)c(C)c(=O)oc2c1. The molecule has 7 heteroatoms. The highest BCUT2D eigenvalue weighted by molar-refractivity contribution is 5.89. The van der Waals surface area contributed by atoms with E-state index in [0.717, 1.165) is 35.9 Å². The van der Waals surface area contributed by atoms with E-state index in [2.05, 4.69) is 0 Å². The van der Waals surface area contributed by atoms with Crippen LogP contribution in [0.4, 0.5) is 0 Å². The highest BCUT2D eigenvalue weighted by atomic mass is 16.5. The van der Waals surface area contributed by atoms with E-state index in [1.54, 1.807) is 18.7 Å². The van der Waals surface area contributed by atoms with Crippen molar-refractivity contribution in [1.29, 1.82) is 0 Å². The number of amides is 2. The Kier molecular flexibility index (Phi) is 5.31. The lowest BCUT2D eigenvalue weighted by Crippen LogP contribution is -2.48. The topological polar surface area (TPSA) is 80.1 Å². The number of carbonyl (C=O) groups excluding carboxylic acids is 2. The molecule has 1 aromatic heterocycles. The fourth-order valence-corrected chi connectivity index (χ4v) is 4.92. The Morgan fingerprint density at radius 2 is 1.81 bits per heavy atom. The standard InChI is InChI=1S/C24H30N2O5/c1-14-10-18(21-15(2)16(3)23(29)31-19(21)11-14)30-17(4)22(28)26-8-6-24(7-9-26)12-20(27)25(5)13-24/h10-11,17H,6-9,12-13H2,1-5H3. The number of ether oxygens (including phenoxy) is 1. The Labute approximate surface area is 181 Å². The fraction of sp³-hybridized carbons (Fsp3) is 0.542. The van der Waals surface area contributed by atoms with E-state index in [-0.39, 0.29) is 22.9 Å². The molecule has 31 heavy (non-hydrogen) atoms. The highest BCUT2D eigenvalue weighted by Crippen LogP contribution is 2.40. The number of nitrogens with zero attached hydrogens (tertiary/aromatic N) is 2. The summed E-state index contributed by atoms with van der Waals surface area (Å²) in [7, 11) is 1.85. The summed E-state index contributed by atoms with van der Waals surface area (Å²) in [6.45, 7) is 9.30. The van der Waals surface area contributed by atoms with Crippen LogP contribution >= 0.6 is 0 Å². The zero-order valence-electron chi connectivity index (χ0n) is 18.9. The lowest BCUT2D eigenvalue weighted by atomic mass is 9.77. The van der Waals surface area contributed by atoms with Crippen molar-refractivity contribution in [3.8, 4) is 5.75 Å². The quantitative estimate of drug-likeness (QED) is 0.705. The second-order valence-corrected chi connectivity index (χ2v) is 9.29. The van der Waals surface area contributed by atoms with E-state index in [1.807, 2.05) is 37.9 Å². The predicted octanol–water partition coefficient (Wildman–Crippen LogP) is 2.96. The number of hydrogen-bond acceptors (Lipinski definition) is 5. The third kappa shape index (κ3) is 3.82. The molecule has 0 radical (unpaired) electrons. The Morgan fingerprint density at radius 3 is 2.42 bits per heavy atom. The third-order valence-corrected chi connectivity index (χ3v) is 6.97. The van der Waals surface area contributed by atoms with Crippen molar-refractivity contribution < 1.29 is 18.7 Å². The summed E-state index contributed by atoms with van der Waals surface area (Å²) in [5, 5.41) is 0.729. The molecule has 0 saturated carbocycles. The molecular weight excluding hydrogens is 396 g/mol. The van der Waals surface area contributed by atoms with Gasteiger partial charge < -0.3 is 19.0 Å². The number of aryl methyl sites for hydroxylation is 2. The maximum absolute atomic E-state index is 13.1. The van der Waals surface area contributed by atoms with Gasteiger partial charge in [0.2, 0.25) is 5.91 Å². The molecule has 2 amide bonds. The maximum atomic E-state index is 13.1. The van der Waals surface area contributed by atoms with Crippen LogP contribution in [0, 0.1) is 26.2 Å². The predicted molar refractivity (Wildman–Crippen MR) is 117 cm³/mol. The van der Waals surface area contributed by atoms with Gasteiger partial charge in [0.25, 0.3) is 5.91 Å². The smallest absolute Gasteiger partial charge is 0.339 e. The monoisotopic (exact) mass is 426 g/mol. The van der Waals surface area contributed by atoms with Gasteiger partial charge in [-0.25, -0.2) is 4.79 Å². The van der Waals surface area contributed by atoms with Crippen LogP contribution in [0.25, 0.3) is 11.0 Å². The van der Waals surface area contributed by atoms with Gasteiger partial charge in [-0.05, 0) is 63.8 Å². The Bertz CT molecular complexity index is 1110. The second-order valence-electron chi connectivity index (χ2n) is 9.29. The van der Waals surface area contributed by atoms with Crippen LogP contribution in [0.15, 0.2) is 21.3 Å². The van der Waals surface area contributed by atoms with Gasteiger partial charge in [-0.3, -0.25) is 9.59 Å². The number of carbonyl (C=O) groups is 2.